The molecule has 0 bridgehead atoms. The van der Waals surface area contributed by atoms with Gasteiger partial charge in [0.2, 0.25) is 0 Å². The lowest BCUT2D eigenvalue weighted by Crippen LogP contribution is -2.42. The molecule has 1 fully saturated rings. The van der Waals surface area contributed by atoms with Crippen LogP contribution >= 0.6 is 0 Å². The minimum absolute atomic E-state index is 0.0806. The molecule has 1 N–H and O–H groups in total. The normalized spacial score (nSPS) is 29.1. The third kappa shape index (κ3) is 2.78. The van der Waals surface area contributed by atoms with Crippen LogP contribution in [-0.4, -0.2) is 37.8 Å². The standard InChI is InChI=1S/C10H17NO5/c1-7(12)4-5-8-6-10(15-3,16-11-8)9(13)14-2/h8,11H,4-6H2,1-3H3/t8-,10?/m0/s1. The van der Waals surface area contributed by atoms with Gasteiger partial charge < -0.3 is 14.3 Å². The molecule has 1 rings (SSSR count). The van der Waals surface area contributed by atoms with Crippen LogP contribution in [0, 0.1) is 0 Å². The van der Waals surface area contributed by atoms with Crippen molar-refractivity contribution in [2.24, 2.45) is 0 Å². The van der Waals surface area contributed by atoms with Gasteiger partial charge in [-0.05, 0) is 13.3 Å². The second-order valence-corrected chi connectivity index (χ2v) is 3.81. The first-order chi connectivity index (χ1) is 7.54. The molecule has 1 unspecified atom stereocenters. The predicted octanol–water partition coefficient (Wildman–Crippen LogP) is 0.165. The fourth-order valence-electron chi connectivity index (χ4n) is 1.61. The van der Waals surface area contributed by atoms with Gasteiger partial charge in [-0.3, -0.25) is 4.84 Å². The number of hydrogen-bond donors (Lipinski definition) is 1. The summed E-state index contributed by atoms with van der Waals surface area (Å²) in [5, 5.41) is 0. The molecule has 1 heterocycles. The van der Waals surface area contributed by atoms with Crippen molar-refractivity contribution >= 4 is 11.8 Å². The minimum Gasteiger partial charge on any atom is -0.465 e. The van der Waals surface area contributed by atoms with Gasteiger partial charge in [0, 0.05) is 26.0 Å². The molecule has 1 aliphatic heterocycles. The van der Waals surface area contributed by atoms with Crippen molar-refractivity contribution in [1.29, 1.82) is 0 Å². The van der Waals surface area contributed by atoms with E-state index in [0.717, 1.165) is 0 Å². The van der Waals surface area contributed by atoms with Gasteiger partial charge in [-0.25, -0.2) is 4.79 Å². The zero-order valence-electron chi connectivity index (χ0n) is 9.74. The molecule has 0 saturated carbocycles. The molecule has 0 aromatic carbocycles. The molecule has 0 spiro atoms. The van der Waals surface area contributed by atoms with Crippen LogP contribution in [0.2, 0.25) is 0 Å². The number of hydrogen-bond acceptors (Lipinski definition) is 6. The molecule has 1 aliphatic rings. The van der Waals surface area contributed by atoms with E-state index in [4.69, 9.17) is 9.57 Å². The van der Waals surface area contributed by atoms with Crippen LogP contribution in [0.25, 0.3) is 0 Å². The molecule has 92 valence electrons. The number of hydroxylamine groups is 1. The Labute approximate surface area is 94.2 Å². The Morgan fingerprint density at radius 3 is 2.69 bits per heavy atom. The average Bonchev–Trinajstić information content (AvgIpc) is 2.70. The van der Waals surface area contributed by atoms with Gasteiger partial charge in [0.15, 0.2) is 0 Å². The number of carbonyl (C=O) groups is 2. The second kappa shape index (κ2) is 5.38. The maximum atomic E-state index is 11.5. The summed E-state index contributed by atoms with van der Waals surface area (Å²) in [5.41, 5.74) is 2.69. The van der Waals surface area contributed by atoms with E-state index in [1.807, 2.05) is 0 Å². The number of ether oxygens (including phenoxy) is 2. The monoisotopic (exact) mass is 231 g/mol. The molecule has 0 aromatic heterocycles. The molecule has 6 nitrogen and oxygen atoms in total. The number of methoxy groups -OCH3 is 2. The van der Waals surface area contributed by atoms with Crippen LogP contribution in [0.15, 0.2) is 0 Å². The Morgan fingerprint density at radius 2 is 2.19 bits per heavy atom. The molecule has 1 saturated heterocycles. The lowest BCUT2D eigenvalue weighted by Gasteiger charge is -2.21. The number of Topliss-reactive ketones (excluding diaryl/α,β-unsaturated/α-hetero) is 1. The van der Waals surface area contributed by atoms with Gasteiger partial charge in [-0.1, -0.05) is 0 Å². The number of carbonyl (C=O) groups excluding carboxylic acids is 2. The maximum Gasteiger partial charge on any atom is 0.368 e. The highest BCUT2D eigenvalue weighted by atomic mass is 16.8. The summed E-state index contributed by atoms with van der Waals surface area (Å²) in [6, 6.07) is -0.0806. The summed E-state index contributed by atoms with van der Waals surface area (Å²) in [7, 11) is 2.65. The lowest BCUT2D eigenvalue weighted by atomic mass is 10.0. The largest absolute Gasteiger partial charge is 0.465 e. The third-order valence-electron chi connectivity index (χ3n) is 2.58. The van der Waals surface area contributed by atoms with E-state index >= 15 is 0 Å². The summed E-state index contributed by atoms with van der Waals surface area (Å²) >= 11 is 0. The van der Waals surface area contributed by atoms with Crippen LogP contribution in [0.3, 0.4) is 0 Å². The quantitative estimate of drug-likeness (QED) is 0.680. The average molecular weight is 231 g/mol. The van der Waals surface area contributed by atoms with Crippen molar-refractivity contribution in [3.8, 4) is 0 Å². The molecule has 2 atom stereocenters. The fourth-order valence-corrected chi connectivity index (χ4v) is 1.61. The van der Waals surface area contributed by atoms with Crippen molar-refractivity contribution in [1.82, 2.24) is 5.48 Å². The zero-order chi connectivity index (χ0) is 12.2. The summed E-state index contributed by atoms with van der Waals surface area (Å²) < 4.78 is 9.65. The fraction of sp³-hybridized carbons (Fsp3) is 0.800. The maximum absolute atomic E-state index is 11.5. The second-order valence-electron chi connectivity index (χ2n) is 3.81. The molecular formula is C10H17NO5. The number of rotatable bonds is 5. The van der Waals surface area contributed by atoms with E-state index in [1.165, 1.54) is 21.1 Å². The summed E-state index contributed by atoms with van der Waals surface area (Å²) in [5.74, 6) is -1.85. The van der Waals surface area contributed by atoms with E-state index in [1.54, 1.807) is 0 Å². The minimum atomic E-state index is -1.38. The van der Waals surface area contributed by atoms with Crippen molar-refractivity contribution in [2.45, 2.75) is 38.0 Å². The Bertz CT molecular complexity index is 280. The van der Waals surface area contributed by atoms with E-state index in [2.05, 4.69) is 10.2 Å². The van der Waals surface area contributed by atoms with Gasteiger partial charge in [0.1, 0.15) is 5.78 Å². The number of ketones is 1. The van der Waals surface area contributed by atoms with E-state index in [9.17, 15) is 9.59 Å². The van der Waals surface area contributed by atoms with E-state index in [0.29, 0.717) is 19.3 Å². The summed E-state index contributed by atoms with van der Waals surface area (Å²) in [4.78, 5) is 27.4. The van der Waals surface area contributed by atoms with Gasteiger partial charge in [-0.15, -0.1) is 0 Å². The van der Waals surface area contributed by atoms with Crippen LogP contribution in [0.5, 0.6) is 0 Å². The third-order valence-corrected chi connectivity index (χ3v) is 2.58. The van der Waals surface area contributed by atoms with E-state index in [-0.39, 0.29) is 11.8 Å². The van der Waals surface area contributed by atoms with Crippen LogP contribution in [-0.2, 0) is 23.9 Å². The molecular weight excluding hydrogens is 214 g/mol. The highest BCUT2D eigenvalue weighted by Crippen LogP contribution is 2.27. The first kappa shape index (κ1) is 13.1. The molecule has 16 heavy (non-hydrogen) atoms. The Kier molecular flexibility index (Phi) is 4.40. The molecule has 6 heteroatoms. The summed E-state index contributed by atoms with van der Waals surface area (Å²) in [6.45, 7) is 1.53. The molecule has 0 aromatic rings. The lowest BCUT2D eigenvalue weighted by molar-refractivity contribution is -0.235. The van der Waals surface area contributed by atoms with Crippen molar-refractivity contribution < 1.29 is 23.9 Å². The van der Waals surface area contributed by atoms with Gasteiger partial charge in [0.05, 0.1) is 7.11 Å². The van der Waals surface area contributed by atoms with Crippen molar-refractivity contribution in [3.05, 3.63) is 0 Å². The van der Waals surface area contributed by atoms with Gasteiger partial charge >= 0.3 is 5.97 Å². The predicted molar refractivity (Wildman–Crippen MR) is 54.3 cm³/mol. The Hall–Kier alpha value is -0.980. The van der Waals surface area contributed by atoms with Crippen LogP contribution in [0.1, 0.15) is 26.2 Å². The Morgan fingerprint density at radius 1 is 1.50 bits per heavy atom. The highest BCUT2D eigenvalue weighted by Gasteiger charge is 2.49. The molecule has 0 radical (unpaired) electrons. The van der Waals surface area contributed by atoms with E-state index < -0.39 is 11.8 Å². The number of nitrogens with one attached hydrogen (secondary N) is 1. The van der Waals surface area contributed by atoms with Crippen LogP contribution < -0.4 is 5.48 Å². The smallest absolute Gasteiger partial charge is 0.368 e. The SMILES string of the molecule is COC(=O)C1(OC)C[C@H](CCC(C)=O)NO1. The Balaban J connectivity index is 2.54. The molecule has 0 amide bonds. The van der Waals surface area contributed by atoms with Crippen LogP contribution in [0.4, 0.5) is 0 Å². The molecule has 0 aliphatic carbocycles. The van der Waals surface area contributed by atoms with Gasteiger partial charge in [-0.2, -0.15) is 5.48 Å². The highest BCUT2D eigenvalue weighted by molar-refractivity contribution is 5.78. The summed E-state index contributed by atoms with van der Waals surface area (Å²) in [6.07, 6.45) is 1.39. The first-order valence-corrected chi connectivity index (χ1v) is 5.10. The zero-order valence-corrected chi connectivity index (χ0v) is 9.74. The van der Waals surface area contributed by atoms with Crippen molar-refractivity contribution in [3.63, 3.8) is 0 Å². The van der Waals surface area contributed by atoms with Gasteiger partial charge in [0.25, 0.3) is 5.79 Å². The number of esters is 1. The topological polar surface area (TPSA) is 73.9 Å². The first-order valence-electron chi connectivity index (χ1n) is 5.10. The van der Waals surface area contributed by atoms with Crippen molar-refractivity contribution in [2.75, 3.05) is 14.2 Å².